The van der Waals surface area contributed by atoms with Crippen molar-refractivity contribution in [2.24, 2.45) is 0 Å². The van der Waals surface area contributed by atoms with E-state index in [1.165, 1.54) is 22.7 Å². The van der Waals surface area contributed by atoms with E-state index in [9.17, 15) is 29.1 Å². The lowest BCUT2D eigenvalue weighted by Crippen LogP contribution is -2.45. The summed E-state index contributed by atoms with van der Waals surface area (Å²) < 4.78 is 28.5. The van der Waals surface area contributed by atoms with Crippen LogP contribution in [0.5, 0.6) is 0 Å². The number of amides is 1. The Labute approximate surface area is 258 Å². The standard InChI is InChI=1S/C33H27FN4O8/c1-36-7-9-37(10-8-36)27-22(34)11-20-26-31(27)46-25-13-19-18(28(40)16-5-3-4-6-17(16)29(19)41)12-24(25)38(26)14-21(30(20)42)32(43)35-23(15-39)33(44)45-2/h3-6,11-14,23,39H,7-10,15H2,1-2H3,(H,35,43). The van der Waals surface area contributed by atoms with E-state index in [0.717, 1.165) is 13.2 Å². The molecule has 1 aliphatic heterocycles. The SMILES string of the molecule is COC(=O)C(CO)NC(=O)c1cn2c3cc4c(=O)c5ccccc5c(=O)c4cc3oc3c(N4CCN(C)CC4)c(F)cc(c1=O)c32. The Morgan fingerprint density at radius 3 is 2.24 bits per heavy atom. The van der Waals surface area contributed by atoms with Crippen LogP contribution >= 0.6 is 0 Å². The number of methoxy groups -OCH3 is 1. The molecule has 0 radical (unpaired) electrons. The number of ether oxygens (including phenoxy) is 1. The minimum atomic E-state index is -1.47. The smallest absolute Gasteiger partial charge is 0.330 e. The van der Waals surface area contributed by atoms with Gasteiger partial charge in [0, 0.05) is 53.9 Å². The first kappa shape index (κ1) is 29.3. The molecule has 4 aromatic carbocycles. The highest BCUT2D eigenvalue weighted by Gasteiger charge is 2.29. The monoisotopic (exact) mass is 626 g/mol. The van der Waals surface area contributed by atoms with E-state index >= 15 is 4.39 Å². The maximum absolute atomic E-state index is 16.1. The van der Waals surface area contributed by atoms with Gasteiger partial charge in [-0.2, -0.15) is 0 Å². The molecule has 0 aliphatic carbocycles. The van der Waals surface area contributed by atoms with Gasteiger partial charge >= 0.3 is 5.97 Å². The molecule has 2 aromatic heterocycles. The zero-order valence-electron chi connectivity index (χ0n) is 24.8. The number of benzene rings is 4. The van der Waals surface area contributed by atoms with Gasteiger partial charge < -0.3 is 33.8 Å². The average Bonchev–Trinajstić information content (AvgIpc) is 3.06. The van der Waals surface area contributed by atoms with E-state index < -0.39 is 46.8 Å². The van der Waals surface area contributed by atoms with E-state index in [1.807, 2.05) is 11.9 Å². The van der Waals surface area contributed by atoms with Crippen LogP contribution in [0.25, 0.3) is 49.1 Å². The molecule has 12 nitrogen and oxygen atoms in total. The molecule has 0 spiro atoms. The molecular weight excluding hydrogens is 599 g/mol. The second kappa shape index (κ2) is 10.9. The van der Waals surface area contributed by atoms with Crippen LogP contribution < -0.4 is 26.5 Å². The van der Waals surface area contributed by atoms with E-state index in [1.54, 1.807) is 24.3 Å². The summed E-state index contributed by atoms with van der Waals surface area (Å²) in [6.07, 6.45) is 1.22. The van der Waals surface area contributed by atoms with Gasteiger partial charge in [-0.15, -0.1) is 0 Å². The molecule has 0 bridgehead atoms. The lowest BCUT2D eigenvalue weighted by atomic mass is 10.0. The number of aromatic nitrogens is 1. The number of likely N-dealkylation sites (N-methyl/N-ethyl adjacent to an activating group) is 1. The molecule has 7 rings (SSSR count). The Morgan fingerprint density at radius 1 is 0.957 bits per heavy atom. The molecule has 1 atom stereocenters. The Hall–Kier alpha value is -5.40. The molecule has 1 fully saturated rings. The van der Waals surface area contributed by atoms with Gasteiger partial charge in [-0.25, -0.2) is 9.18 Å². The lowest BCUT2D eigenvalue weighted by Gasteiger charge is -2.34. The van der Waals surface area contributed by atoms with Gasteiger partial charge in [-0.3, -0.25) is 19.2 Å². The number of nitrogens with one attached hydrogen (secondary N) is 1. The molecule has 2 N–H and O–H groups in total. The van der Waals surface area contributed by atoms with Gasteiger partial charge in [0.15, 0.2) is 33.9 Å². The summed E-state index contributed by atoms with van der Waals surface area (Å²) >= 11 is 0. The first-order valence-corrected chi connectivity index (χ1v) is 14.5. The number of hydrogen-bond acceptors (Lipinski definition) is 10. The molecule has 13 heteroatoms. The number of carbonyl (C=O) groups is 2. The van der Waals surface area contributed by atoms with Crippen LogP contribution in [0.2, 0.25) is 0 Å². The lowest BCUT2D eigenvalue weighted by molar-refractivity contribution is -0.143. The third kappa shape index (κ3) is 4.38. The van der Waals surface area contributed by atoms with Crippen molar-refractivity contribution in [1.29, 1.82) is 0 Å². The van der Waals surface area contributed by atoms with Crippen molar-refractivity contribution in [2.75, 3.05) is 51.8 Å². The Bertz CT molecular complexity index is 2430. The van der Waals surface area contributed by atoms with Crippen molar-refractivity contribution in [1.82, 2.24) is 14.6 Å². The normalized spacial score (nSPS) is 14.9. The van der Waals surface area contributed by atoms with Gasteiger partial charge in [0.2, 0.25) is 5.43 Å². The summed E-state index contributed by atoms with van der Waals surface area (Å²) in [7, 11) is 3.03. The zero-order valence-corrected chi connectivity index (χ0v) is 24.8. The third-order valence-corrected chi connectivity index (χ3v) is 8.68. The molecule has 1 aliphatic rings. The molecule has 0 saturated carbocycles. The van der Waals surface area contributed by atoms with Crippen LogP contribution in [0.3, 0.4) is 0 Å². The minimum Gasteiger partial charge on any atom is -0.467 e. The first-order chi connectivity index (χ1) is 22.1. The molecule has 3 heterocycles. The number of carbonyl (C=O) groups excluding carboxylic acids is 2. The van der Waals surface area contributed by atoms with Crippen LogP contribution in [-0.2, 0) is 9.53 Å². The highest BCUT2D eigenvalue weighted by atomic mass is 19.1. The largest absolute Gasteiger partial charge is 0.467 e. The maximum atomic E-state index is 16.1. The minimum absolute atomic E-state index is 0.0221. The third-order valence-electron chi connectivity index (χ3n) is 8.68. The molecule has 6 aromatic rings. The second-order valence-electron chi connectivity index (χ2n) is 11.4. The summed E-state index contributed by atoms with van der Waals surface area (Å²) in [5, 5.41) is 12.4. The number of nitrogens with zero attached hydrogens (tertiary/aromatic N) is 3. The van der Waals surface area contributed by atoms with Gasteiger partial charge in [-0.1, -0.05) is 24.3 Å². The zero-order chi connectivity index (χ0) is 32.4. The number of anilines is 1. The number of hydrogen-bond donors (Lipinski definition) is 2. The number of aliphatic hydroxyl groups excluding tert-OH is 1. The van der Waals surface area contributed by atoms with Crippen LogP contribution in [-0.4, -0.2) is 79.3 Å². The van der Waals surface area contributed by atoms with Gasteiger partial charge in [0.25, 0.3) is 5.91 Å². The van der Waals surface area contributed by atoms with Gasteiger partial charge in [-0.05, 0) is 25.2 Å². The summed E-state index contributed by atoms with van der Waals surface area (Å²) in [5.41, 5.74) is -1.46. The number of fused-ring (bicyclic) bond motifs is 4. The van der Waals surface area contributed by atoms with Crippen LogP contribution in [0.15, 0.2) is 67.5 Å². The van der Waals surface area contributed by atoms with E-state index in [4.69, 9.17) is 4.42 Å². The Balaban J connectivity index is 1.60. The number of pyridine rings is 1. The predicted octanol–water partition coefficient (Wildman–Crippen LogP) is 1.82. The highest BCUT2D eigenvalue weighted by molar-refractivity contribution is 6.09. The van der Waals surface area contributed by atoms with Crippen molar-refractivity contribution in [3.63, 3.8) is 0 Å². The fraction of sp³-hybridized carbons (Fsp3) is 0.242. The molecule has 46 heavy (non-hydrogen) atoms. The predicted molar refractivity (Wildman–Crippen MR) is 170 cm³/mol. The number of aliphatic hydroxyl groups is 1. The van der Waals surface area contributed by atoms with Crippen molar-refractivity contribution in [2.45, 2.75) is 6.04 Å². The molecule has 234 valence electrons. The molecule has 1 amide bonds. The molecule has 1 saturated heterocycles. The number of rotatable bonds is 5. The van der Waals surface area contributed by atoms with Gasteiger partial charge in [0.05, 0.1) is 24.6 Å². The van der Waals surface area contributed by atoms with E-state index in [-0.39, 0.29) is 60.2 Å². The Morgan fingerprint density at radius 2 is 1.61 bits per heavy atom. The van der Waals surface area contributed by atoms with Crippen LogP contribution in [0.1, 0.15) is 10.4 Å². The summed E-state index contributed by atoms with van der Waals surface area (Å²) in [5.74, 6) is -2.70. The Kier molecular flexibility index (Phi) is 6.94. The summed E-state index contributed by atoms with van der Waals surface area (Å²) in [6, 6.07) is 8.91. The van der Waals surface area contributed by atoms with Crippen LogP contribution in [0, 0.1) is 5.82 Å². The summed E-state index contributed by atoms with van der Waals surface area (Å²) in [4.78, 5) is 70.3. The topological polar surface area (TPSA) is 151 Å². The highest BCUT2D eigenvalue weighted by Crippen LogP contribution is 2.37. The molecule has 1 unspecified atom stereocenters. The van der Waals surface area contributed by atoms with Crippen molar-refractivity contribution in [3.8, 4) is 0 Å². The summed E-state index contributed by atoms with van der Waals surface area (Å²) in [6.45, 7) is 1.44. The number of piperazine rings is 1. The maximum Gasteiger partial charge on any atom is 0.330 e. The van der Waals surface area contributed by atoms with Crippen molar-refractivity contribution < 1.29 is 28.2 Å². The van der Waals surface area contributed by atoms with Crippen LogP contribution in [0.4, 0.5) is 10.1 Å². The second-order valence-corrected chi connectivity index (χ2v) is 11.4. The van der Waals surface area contributed by atoms with Crippen molar-refractivity contribution in [3.05, 3.63) is 90.7 Å². The fourth-order valence-electron chi connectivity index (χ4n) is 6.24. The quantitative estimate of drug-likeness (QED) is 0.165. The van der Waals surface area contributed by atoms with Gasteiger partial charge in [0.1, 0.15) is 16.8 Å². The molecular formula is C33H27FN4O8. The van der Waals surface area contributed by atoms with E-state index in [2.05, 4.69) is 15.0 Å². The average molecular weight is 627 g/mol. The first-order valence-electron chi connectivity index (χ1n) is 14.5. The van der Waals surface area contributed by atoms with E-state index in [0.29, 0.717) is 26.2 Å². The number of halogens is 1. The van der Waals surface area contributed by atoms with Crippen molar-refractivity contribution >= 4 is 66.7 Å². The number of esters is 1. The fourth-order valence-corrected chi connectivity index (χ4v) is 6.24.